The Morgan fingerprint density at radius 1 is 1.27 bits per heavy atom. The molecule has 5 nitrogen and oxygen atoms in total. The minimum atomic E-state index is -0.626. The first-order chi connectivity index (χ1) is 10.7. The molecule has 0 saturated carbocycles. The first-order valence-electron chi connectivity index (χ1n) is 7.59. The number of carbonyl (C=O) groups excluding carboxylic acids is 2. The summed E-state index contributed by atoms with van der Waals surface area (Å²) < 4.78 is 1.55. The number of hydrogen-bond acceptors (Lipinski definition) is 4. The number of carbonyl (C=O) groups is 2. The summed E-state index contributed by atoms with van der Waals surface area (Å²) in [4.78, 5) is 34.0. The molecule has 0 fully saturated rings. The van der Waals surface area contributed by atoms with E-state index < -0.39 is 12.0 Å². The van der Waals surface area contributed by atoms with E-state index >= 15 is 0 Å². The van der Waals surface area contributed by atoms with Crippen molar-refractivity contribution in [3.63, 3.8) is 0 Å². The highest BCUT2D eigenvalue weighted by Gasteiger charge is 2.46. The smallest absolute Gasteiger partial charge is 0.296 e. The fraction of sp³-hybridized carbons (Fsp3) is 0.353. The van der Waals surface area contributed by atoms with E-state index in [1.165, 1.54) is 0 Å². The van der Waals surface area contributed by atoms with E-state index in [1.807, 2.05) is 13.0 Å². The highest BCUT2D eigenvalue weighted by atomic mass is 16.2. The van der Waals surface area contributed by atoms with Crippen molar-refractivity contribution >= 4 is 29.4 Å². The molecule has 1 aromatic rings. The van der Waals surface area contributed by atoms with Crippen molar-refractivity contribution in [2.24, 2.45) is 10.9 Å². The lowest BCUT2D eigenvalue weighted by Gasteiger charge is -2.26. The molecule has 0 unspecified atom stereocenters. The first kappa shape index (κ1) is 14.5. The van der Waals surface area contributed by atoms with Crippen LogP contribution in [0.4, 0.5) is 5.82 Å². The summed E-state index contributed by atoms with van der Waals surface area (Å²) >= 11 is 0. The van der Waals surface area contributed by atoms with Crippen molar-refractivity contribution in [2.75, 3.05) is 0 Å². The zero-order valence-corrected chi connectivity index (χ0v) is 12.5. The number of Topliss-reactive ketones (excluding diaryl/α,β-unsaturated/α-hetero) is 1. The second-order valence-corrected chi connectivity index (χ2v) is 5.44. The molecule has 0 aromatic carbocycles. The number of amides is 1. The van der Waals surface area contributed by atoms with Gasteiger partial charge in [-0.1, -0.05) is 25.8 Å². The van der Waals surface area contributed by atoms with Crippen LogP contribution in [0.15, 0.2) is 41.5 Å². The van der Waals surface area contributed by atoms with Crippen molar-refractivity contribution in [1.29, 1.82) is 0 Å². The molecule has 0 N–H and O–H groups in total. The predicted octanol–water partition coefficient (Wildman–Crippen LogP) is 2.09. The lowest BCUT2D eigenvalue weighted by molar-refractivity contribution is -0.378. The second-order valence-electron chi connectivity index (χ2n) is 5.44. The molecule has 0 bridgehead atoms. The largest absolute Gasteiger partial charge is 0.330 e. The molecule has 2 aliphatic rings. The predicted molar refractivity (Wildman–Crippen MR) is 83.6 cm³/mol. The highest BCUT2D eigenvalue weighted by Crippen LogP contribution is 2.26. The molecule has 5 heteroatoms. The van der Waals surface area contributed by atoms with E-state index in [0.29, 0.717) is 18.0 Å². The van der Waals surface area contributed by atoms with Gasteiger partial charge in [-0.2, -0.15) is 4.58 Å². The van der Waals surface area contributed by atoms with Gasteiger partial charge in [0.25, 0.3) is 0 Å². The zero-order chi connectivity index (χ0) is 15.5. The van der Waals surface area contributed by atoms with Gasteiger partial charge in [0, 0.05) is 12.3 Å². The molecule has 1 amide bonds. The van der Waals surface area contributed by atoms with Gasteiger partial charge in [-0.3, -0.25) is 9.79 Å². The summed E-state index contributed by atoms with van der Waals surface area (Å²) in [6.45, 7) is 2.05. The summed E-state index contributed by atoms with van der Waals surface area (Å²) in [5.41, 5.74) is 0.601. The molecule has 2 atom stereocenters. The molecule has 0 aliphatic carbocycles. The second kappa shape index (κ2) is 6.13. The number of nitrogens with zero attached hydrogens (tertiary/aromatic N) is 3. The fourth-order valence-corrected chi connectivity index (χ4v) is 2.86. The third-order valence-electron chi connectivity index (χ3n) is 3.98. The molecule has 2 aliphatic heterocycles. The highest BCUT2D eigenvalue weighted by molar-refractivity contribution is 6.23. The van der Waals surface area contributed by atoms with Crippen molar-refractivity contribution in [2.45, 2.75) is 32.2 Å². The van der Waals surface area contributed by atoms with Crippen LogP contribution in [0.5, 0.6) is 0 Å². The lowest BCUT2D eigenvalue weighted by atomic mass is 9.86. The molecular weight excluding hydrogens is 278 g/mol. The number of rotatable bonds is 4. The van der Waals surface area contributed by atoms with Gasteiger partial charge in [0.05, 0.1) is 0 Å². The maximum absolute atomic E-state index is 12.9. The van der Waals surface area contributed by atoms with Crippen molar-refractivity contribution in [3.05, 3.63) is 36.5 Å². The Labute approximate surface area is 129 Å². The number of fused-ring (bicyclic) bond motifs is 1. The Morgan fingerprint density at radius 2 is 2.14 bits per heavy atom. The van der Waals surface area contributed by atoms with Crippen LogP contribution < -0.4 is 0 Å². The number of hydrogen-bond donors (Lipinski definition) is 0. The van der Waals surface area contributed by atoms with Crippen LogP contribution in [0.3, 0.4) is 0 Å². The number of aromatic nitrogens is 1. The molecule has 3 rings (SSSR count). The van der Waals surface area contributed by atoms with Gasteiger partial charge in [-0.25, -0.2) is 4.79 Å². The van der Waals surface area contributed by atoms with Crippen molar-refractivity contribution < 1.29 is 14.2 Å². The molecule has 112 valence electrons. The van der Waals surface area contributed by atoms with Crippen molar-refractivity contribution in [1.82, 2.24) is 4.98 Å². The molecule has 3 heterocycles. The van der Waals surface area contributed by atoms with E-state index in [0.717, 1.165) is 12.8 Å². The Kier molecular flexibility index (Phi) is 4.04. The normalized spacial score (nSPS) is 23.9. The average molecular weight is 296 g/mol. The fourth-order valence-electron chi connectivity index (χ4n) is 2.86. The van der Waals surface area contributed by atoms with Crippen LogP contribution in [-0.4, -0.2) is 39.2 Å². The number of aliphatic imine (C=N–C) groups is 1. The SMILES string of the molecule is CCCC[C@H]1C(=O)[C@@H]2N=CC=CC2=[N+](c2ccccn2)C1=O. The standard InChI is InChI=1S/C17H18N3O2/c1-2-3-7-12-16(21)15-13(8-6-11-19-15)20(17(12)22)14-9-4-5-10-18-14/h4-6,8-12,15H,2-3,7H2,1H3/q+1/t12-,15+/m0/s1. The van der Waals surface area contributed by atoms with E-state index in [2.05, 4.69) is 9.98 Å². The molecule has 1 aromatic heterocycles. The number of dihydropyridines is 1. The Bertz CT molecular complexity index is 689. The quantitative estimate of drug-likeness (QED) is 0.631. The Morgan fingerprint density at radius 3 is 2.86 bits per heavy atom. The number of allylic oxidation sites excluding steroid dienone is 1. The van der Waals surface area contributed by atoms with E-state index in [4.69, 9.17) is 0 Å². The van der Waals surface area contributed by atoms with Crippen molar-refractivity contribution in [3.8, 4) is 0 Å². The summed E-state index contributed by atoms with van der Waals surface area (Å²) in [5.74, 6) is -0.367. The van der Waals surface area contributed by atoms with Crippen LogP contribution in [-0.2, 0) is 9.59 Å². The third-order valence-corrected chi connectivity index (χ3v) is 3.98. The number of ketones is 1. The van der Waals surface area contributed by atoms with Gasteiger partial charge in [-0.05, 0) is 29.6 Å². The third kappa shape index (κ3) is 2.43. The average Bonchev–Trinajstić information content (AvgIpc) is 2.56. The Hall–Kier alpha value is -2.43. The molecular formula is C17H18N3O2+. The maximum atomic E-state index is 12.9. The van der Waals surface area contributed by atoms with Gasteiger partial charge >= 0.3 is 11.7 Å². The van der Waals surface area contributed by atoms with Gasteiger partial charge in [-0.15, -0.1) is 0 Å². The van der Waals surface area contributed by atoms with Crippen LogP contribution >= 0.6 is 0 Å². The molecule has 0 radical (unpaired) electrons. The summed E-state index contributed by atoms with van der Waals surface area (Å²) in [6.07, 6.45) is 9.15. The summed E-state index contributed by atoms with van der Waals surface area (Å²) in [6, 6.07) is 4.82. The Balaban J connectivity index is 2.10. The van der Waals surface area contributed by atoms with E-state index in [1.54, 1.807) is 41.3 Å². The van der Waals surface area contributed by atoms with Gasteiger partial charge in [0.15, 0.2) is 11.8 Å². The van der Waals surface area contributed by atoms with Gasteiger partial charge in [0.2, 0.25) is 0 Å². The topological polar surface area (TPSA) is 62.4 Å². The molecule has 0 spiro atoms. The summed E-state index contributed by atoms with van der Waals surface area (Å²) in [5, 5.41) is 0. The number of unbranched alkanes of at least 4 members (excludes halogenated alkanes) is 1. The lowest BCUT2D eigenvalue weighted by Crippen LogP contribution is -2.50. The maximum Gasteiger partial charge on any atom is 0.330 e. The number of pyridine rings is 1. The first-order valence-corrected chi connectivity index (χ1v) is 7.59. The minimum absolute atomic E-state index is 0.0961. The van der Waals surface area contributed by atoms with Crippen LogP contribution in [0.1, 0.15) is 26.2 Å². The summed E-state index contributed by atoms with van der Waals surface area (Å²) in [7, 11) is 0. The van der Waals surface area contributed by atoms with E-state index in [9.17, 15) is 9.59 Å². The van der Waals surface area contributed by atoms with Crippen LogP contribution in [0, 0.1) is 5.92 Å². The molecule has 0 saturated heterocycles. The minimum Gasteiger partial charge on any atom is -0.296 e. The monoisotopic (exact) mass is 296 g/mol. The van der Waals surface area contributed by atoms with Gasteiger partial charge < -0.3 is 0 Å². The van der Waals surface area contributed by atoms with Crippen LogP contribution in [0.25, 0.3) is 0 Å². The zero-order valence-electron chi connectivity index (χ0n) is 12.5. The molecule has 22 heavy (non-hydrogen) atoms. The van der Waals surface area contributed by atoms with Gasteiger partial charge in [0.1, 0.15) is 17.8 Å². The van der Waals surface area contributed by atoms with Crippen LogP contribution in [0.2, 0.25) is 0 Å². The van der Waals surface area contributed by atoms with E-state index in [-0.39, 0.29) is 11.7 Å².